The predicted octanol–water partition coefficient (Wildman–Crippen LogP) is 1.57. The van der Waals surface area contributed by atoms with E-state index in [9.17, 15) is 14.9 Å². The zero-order chi connectivity index (χ0) is 12.8. The van der Waals surface area contributed by atoms with Crippen molar-refractivity contribution in [1.82, 2.24) is 5.09 Å². The molecule has 6 heteroatoms. The molecule has 1 aromatic rings. The van der Waals surface area contributed by atoms with Crippen molar-refractivity contribution in [3.05, 3.63) is 29.8 Å². The second kappa shape index (κ2) is 6.26. The van der Waals surface area contributed by atoms with Gasteiger partial charge in [0.1, 0.15) is 19.5 Å². The van der Waals surface area contributed by atoms with E-state index in [4.69, 9.17) is 0 Å². The van der Waals surface area contributed by atoms with Gasteiger partial charge in [-0.25, -0.2) is 10.1 Å². The molecule has 0 aromatic heterocycles. The quantitative estimate of drug-likeness (QED) is 0.629. The Kier molecular flexibility index (Phi) is 4.98. The highest BCUT2D eigenvalue weighted by atomic mass is 31.1. The molecule has 0 spiro atoms. The predicted molar refractivity (Wildman–Crippen MR) is 65.3 cm³/mol. The van der Waals surface area contributed by atoms with Crippen molar-refractivity contribution >= 4 is 13.7 Å². The second-order valence-electron chi connectivity index (χ2n) is 3.60. The summed E-state index contributed by atoms with van der Waals surface area (Å²) in [6.07, 6.45) is 0.355. The van der Waals surface area contributed by atoms with E-state index in [2.05, 4.69) is 9.82 Å². The van der Waals surface area contributed by atoms with Crippen molar-refractivity contribution in [2.75, 3.05) is 13.8 Å². The molecular formula is C11H15N2O3P. The smallest absolute Gasteiger partial charge is 0.323 e. The van der Waals surface area contributed by atoms with Gasteiger partial charge in [0.25, 0.3) is 0 Å². The molecule has 0 aliphatic carbocycles. The van der Waals surface area contributed by atoms with Crippen LogP contribution in [-0.4, -0.2) is 30.9 Å². The molecule has 92 valence electrons. The van der Waals surface area contributed by atoms with E-state index < -0.39 is 19.7 Å². The summed E-state index contributed by atoms with van der Waals surface area (Å²) in [5.74, 6) is -0.286. The number of rotatable bonds is 4. The topological polar surface area (TPSA) is 82.3 Å². The summed E-state index contributed by atoms with van der Waals surface area (Å²) >= 11 is 0. The summed E-state index contributed by atoms with van der Waals surface area (Å²) in [6, 6.07) is 6.03. The molecule has 0 bridgehead atoms. The SMILES string of the molecule is COC(=O)[C@H](Cc1cccc(O)c1)NP(C)#N. The normalized spacial score (nSPS) is 12.9. The van der Waals surface area contributed by atoms with Gasteiger partial charge in [-0.15, -0.1) is 0 Å². The third kappa shape index (κ3) is 4.45. The molecule has 0 saturated heterocycles. The maximum Gasteiger partial charge on any atom is 0.323 e. The Balaban J connectivity index is 2.79. The number of nitrogens with one attached hydrogen (secondary N) is 1. The Hall–Kier alpha value is -1.54. The number of esters is 1. The minimum absolute atomic E-state index is 0.147. The number of phenols is 1. The third-order valence-corrected chi connectivity index (χ3v) is 2.86. The molecule has 0 fully saturated rings. The molecule has 0 heterocycles. The maximum absolute atomic E-state index is 11.5. The van der Waals surface area contributed by atoms with Crippen LogP contribution in [0.5, 0.6) is 5.75 Å². The van der Waals surface area contributed by atoms with E-state index in [1.807, 2.05) is 0 Å². The molecular weight excluding hydrogens is 239 g/mol. The van der Waals surface area contributed by atoms with Gasteiger partial charge in [-0.2, -0.15) is 0 Å². The molecule has 2 atom stereocenters. The van der Waals surface area contributed by atoms with Gasteiger partial charge in [0, 0.05) is 6.66 Å². The highest BCUT2D eigenvalue weighted by Crippen LogP contribution is 2.15. The van der Waals surface area contributed by atoms with Gasteiger partial charge in [0.05, 0.1) is 7.11 Å². The van der Waals surface area contributed by atoms with Crippen molar-refractivity contribution in [1.29, 1.82) is 5.00 Å². The highest BCUT2D eigenvalue weighted by Gasteiger charge is 2.20. The average Bonchev–Trinajstić information content (AvgIpc) is 2.26. The molecule has 0 aliphatic rings. The van der Waals surface area contributed by atoms with E-state index in [0.29, 0.717) is 6.42 Å². The molecule has 0 amide bonds. The Morgan fingerprint density at radius 2 is 2.35 bits per heavy atom. The van der Waals surface area contributed by atoms with Crippen molar-refractivity contribution in [2.45, 2.75) is 12.5 Å². The Morgan fingerprint density at radius 1 is 1.65 bits per heavy atom. The Morgan fingerprint density at radius 3 is 2.88 bits per heavy atom. The Bertz CT molecular complexity index is 467. The lowest BCUT2D eigenvalue weighted by Gasteiger charge is -2.14. The number of benzene rings is 1. The van der Waals surface area contributed by atoms with E-state index in [0.717, 1.165) is 5.56 Å². The van der Waals surface area contributed by atoms with Gasteiger partial charge in [-0.3, -0.25) is 4.79 Å². The molecule has 17 heavy (non-hydrogen) atoms. The molecule has 2 N–H and O–H groups in total. The standard InChI is InChI=1S/C11H15N2O3P/c1-16-11(15)10(13-17(2)12)7-8-4-3-5-9(14)6-8/h3-6,10,13-14H,7H2,1-2H3/t10-/m0/s1. The Labute approximate surface area is 101 Å². The number of carbonyl (C=O) groups excluding carboxylic acids is 1. The van der Waals surface area contributed by atoms with Crippen molar-refractivity contribution in [3.8, 4) is 5.75 Å². The first kappa shape index (κ1) is 13.5. The summed E-state index contributed by atoms with van der Waals surface area (Å²) < 4.78 is 4.65. The van der Waals surface area contributed by atoms with Gasteiger partial charge in [0.2, 0.25) is 0 Å². The molecule has 5 nitrogen and oxygen atoms in total. The first-order valence-electron chi connectivity index (χ1n) is 5.07. The van der Waals surface area contributed by atoms with Crippen LogP contribution in [0.2, 0.25) is 0 Å². The minimum atomic E-state index is -1.40. The van der Waals surface area contributed by atoms with Crippen LogP contribution in [0.3, 0.4) is 0 Å². The number of carbonyl (C=O) groups is 1. The van der Waals surface area contributed by atoms with Crippen LogP contribution in [0.4, 0.5) is 0 Å². The summed E-state index contributed by atoms with van der Waals surface area (Å²) in [5, 5.41) is 21.4. The number of hydrogen-bond acceptors (Lipinski definition) is 5. The van der Waals surface area contributed by atoms with Crippen molar-refractivity contribution in [3.63, 3.8) is 0 Å². The summed E-state index contributed by atoms with van der Waals surface area (Å²) in [6.45, 7) is 1.59. The van der Waals surface area contributed by atoms with E-state index >= 15 is 0 Å². The fraction of sp³-hybridized carbons (Fsp3) is 0.364. The molecule has 1 rings (SSSR count). The molecule has 0 saturated carbocycles. The minimum Gasteiger partial charge on any atom is -0.508 e. The molecule has 1 aromatic carbocycles. The second-order valence-corrected chi connectivity index (χ2v) is 4.91. The largest absolute Gasteiger partial charge is 0.508 e. The number of methoxy groups -OCH3 is 1. The maximum atomic E-state index is 11.5. The molecule has 0 aliphatic heterocycles. The van der Waals surface area contributed by atoms with Gasteiger partial charge in [0.15, 0.2) is 0 Å². The monoisotopic (exact) mass is 254 g/mol. The van der Waals surface area contributed by atoms with Crippen molar-refractivity contribution in [2.24, 2.45) is 0 Å². The zero-order valence-corrected chi connectivity index (χ0v) is 10.6. The number of aromatic hydroxyl groups is 1. The lowest BCUT2D eigenvalue weighted by atomic mass is 10.1. The van der Waals surface area contributed by atoms with E-state index in [1.165, 1.54) is 7.11 Å². The number of nitrogens with zero attached hydrogens (tertiary/aromatic N) is 1. The lowest BCUT2D eigenvalue weighted by molar-refractivity contribution is -0.142. The highest BCUT2D eigenvalue weighted by molar-refractivity contribution is 7.40. The first-order valence-corrected chi connectivity index (χ1v) is 6.81. The van der Waals surface area contributed by atoms with E-state index in [-0.39, 0.29) is 5.75 Å². The van der Waals surface area contributed by atoms with E-state index in [1.54, 1.807) is 30.9 Å². The van der Waals surface area contributed by atoms with Crippen LogP contribution in [0.1, 0.15) is 5.56 Å². The average molecular weight is 254 g/mol. The lowest BCUT2D eigenvalue weighted by Crippen LogP contribution is -2.35. The fourth-order valence-electron chi connectivity index (χ4n) is 1.47. The van der Waals surface area contributed by atoms with Gasteiger partial charge in [-0.05, 0) is 24.1 Å². The molecule has 0 radical (unpaired) electrons. The first-order chi connectivity index (χ1) is 8.02. The summed E-state index contributed by atoms with van der Waals surface area (Å²) in [7, 11) is -0.0948. The summed E-state index contributed by atoms with van der Waals surface area (Å²) in [4.78, 5) is 11.5. The summed E-state index contributed by atoms with van der Waals surface area (Å²) in [5.41, 5.74) is 0.796. The van der Waals surface area contributed by atoms with Crippen LogP contribution in [0, 0.1) is 5.00 Å². The third-order valence-electron chi connectivity index (χ3n) is 2.18. The van der Waals surface area contributed by atoms with Crippen LogP contribution in [-0.2, 0) is 16.0 Å². The molecule has 1 unspecified atom stereocenters. The number of phenolic OH excluding ortho intramolecular Hbond substituents is 1. The van der Waals surface area contributed by atoms with Crippen LogP contribution in [0.25, 0.3) is 0 Å². The fourth-order valence-corrected chi connectivity index (χ4v) is 2.12. The number of hydrogen-bond donors (Lipinski definition) is 2. The van der Waals surface area contributed by atoms with Crippen LogP contribution < -0.4 is 5.09 Å². The van der Waals surface area contributed by atoms with Gasteiger partial charge in [-0.1, -0.05) is 12.1 Å². The zero-order valence-electron chi connectivity index (χ0n) is 9.75. The van der Waals surface area contributed by atoms with Crippen LogP contribution in [0.15, 0.2) is 24.3 Å². The van der Waals surface area contributed by atoms with Crippen molar-refractivity contribution < 1.29 is 14.6 Å². The van der Waals surface area contributed by atoms with Gasteiger partial charge >= 0.3 is 5.97 Å². The number of ether oxygens (including phenoxy) is 1. The van der Waals surface area contributed by atoms with Gasteiger partial charge < -0.3 is 9.84 Å². The van der Waals surface area contributed by atoms with Crippen LogP contribution >= 0.6 is 7.71 Å².